The number of carbonyl (C=O) groups is 1. The lowest BCUT2D eigenvalue weighted by atomic mass is 9.85. The van der Waals surface area contributed by atoms with Crippen LogP contribution in [-0.4, -0.2) is 31.6 Å². The fraction of sp³-hybridized carbons (Fsp3) is 0.667. The van der Waals surface area contributed by atoms with Gasteiger partial charge in [-0.3, -0.25) is 4.79 Å². The molecule has 0 radical (unpaired) electrons. The third kappa shape index (κ3) is 5.05. The van der Waals surface area contributed by atoms with Crippen LogP contribution in [0.1, 0.15) is 56.3 Å². The van der Waals surface area contributed by atoms with Crippen LogP contribution in [-0.2, 0) is 9.53 Å². The van der Waals surface area contributed by atoms with Crippen LogP contribution in [0.4, 0.5) is 0 Å². The maximum absolute atomic E-state index is 12.6. The summed E-state index contributed by atoms with van der Waals surface area (Å²) in [6.07, 6.45) is 5.05. The van der Waals surface area contributed by atoms with Crippen LogP contribution in [0, 0.1) is 18.8 Å². The number of rotatable bonds is 5. The Kier molecular flexibility index (Phi) is 6.49. The molecule has 2 fully saturated rings. The minimum absolute atomic E-state index is 0.0232. The van der Waals surface area contributed by atoms with Crippen molar-refractivity contribution < 1.29 is 9.53 Å². The number of nitrogens with one attached hydrogen (secondary N) is 2. The van der Waals surface area contributed by atoms with Gasteiger partial charge in [0.05, 0.1) is 6.04 Å². The Morgan fingerprint density at radius 3 is 2.80 bits per heavy atom. The summed E-state index contributed by atoms with van der Waals surface area (Å²) in [6, 6.07) is 8.57. The van der Waals surface area contributed by atoms with Gasteiger partial charge in [0.25, 0.3) is 0 Å². The van der Waals surface area contributed by atoms with E-state index in [2.05, 4.69) is 48.7 Å². The maximum atomic E-state index is 12.6. The number of piperidine rings is 1. The molecule has 1 aromatic rings. The fourth-order valence-corrected chi connectivity index (χ4v) is 4.10. The molecule has 2 N–H and O–H groups in total. The topological polar surface area (TPSA) is 50.4 Å². The van der Waals surface area contributed by atoms with Crippen LogP contribution >= 0.6 is 0 Å². The first-order valence-electron chi connectivity index (χ1n) is 9.81. The van der Waals surface area contributed by atoms with Gasteiger partial charge in [-0.1, -0.05) is 36.8 Å². The number of amides is 1. The van der Waals surface area contributed by atoms with Crippen molar-refractivity contribution in [3.63, 3.8) is 0 Å². The zero-order valence-corrected chi connectivity index (χ0v) is 15.6. The number of aryl methyl sites for hydroxylation is 1. The third-order valence-corrected chi connectivity index (χ3v) is 5.72. The second kappa shape index (κ2) is 8.81. The lowest BCUT2D eigenvalue weighted by Crippen LogP contribution is -2.44. The Hall–Kier alpha value is -1.39. The lowest BCUT2D eigenvalue weighted by molar-refractivity contribution is -0.125. The number of benzene rings is 1. The molecule has 1 aromatic carbocycles. The monoisotopic (exact) mass is 344 g/mol. The van der Waals surface area contributed by atoms with Crippen LogP contribution in [0.2, 0.25) is 0 Å². The van der Waals surface area contributed by atoms with E-state index in [-0.39, 0.29) is 18.1 Å². The number of carbonyl (C=O) groups excluding carboxylic acids is 1. The molecule has 4 nitrogen and oxygen atoms in total. The van der Waals surface area contributed by atoms with Crippen LogP contribution in [0.3, 0.4) is 0 Å². The first-order valence-corrected chi connectivity index (χ1v) is 9.81. The largest absolute Gasteiger partial charge is 0.371 e. The van der Waals surface area contributed by atoms with E-state index in [0.29, 0.717) is 18.3 Å². The van der Waals surface area contributed by atoms with Crippen molar-refractivity contribution in [1.29, 1.82) is 0 Å². The van der Waals surface area contributed by atoms with E-state index >= 15 is 0 Å². The predicted octanol–water partition coefficient (Wildman–Crippen LogP) is 3.36. The van der Waals surface area contributed by atoms with Crippen LogP contribution < -0.4 is 10.6 Å². The standard InChI is InChI=1S/C21H32N2O2/c1-15-7-9-17(10-8-15)21-19(6-4-12-25-21)23-20(24)13-16(2)18-5-3-11-22-14-18/h7-10,16,18-19,21-22H,3-6,11-14H2,1-2H3,(H,23,24). The highest BCUT2D eigenvalue weighted by molar-refractivity contribution is 5.76. The van der Waals surface area contributed by atoms with Crippen molar-refractivity contribution in [3.05, 3.63) is 35.4 Å². The number of hydrogen-bond acceptors (Lipinski definition) is 3. The lowest BCUT2D eigenvalue weighted by Gasteiger charge is -2.34. The van der Waals surface area contributed by atoms with Crippen molar-refractivity contribution in [3.8, 4) is 0 Å². The van der Waals surface area contributed by atoms with Crippen molar-refractivity contribution >= 4 is 5.91 Å². The van der Waals surface area contributed by atoms with Crippen molar-refractivity contribution in [2.45, 2.75) is 58.1 Å². The summed E-state index contributed by atoms with van der Waals surface area (Å²) in [5.74, 6) is 1.22. The minimum atomic E-state index is -0.0232. The van der Waals surface area contributed by atoms with Crippen LogP contribution in [0.5, 0.6) is 0 Å². The van der Waals surface area contributed by atoms with Gasteiger partial charge < -0.3 is 15.4 Å². The molecular weight excluding hydrogens is 312 g/mol. The molecule has 2 heterocycles. The van der Waals surface area contributed by atoms with Gasteiger partial charge >= 0.3 is 0 Å². The third-order valence-electron chi connectivity index (χ3n) is 5.72. The molecule has 0 aromatic heterocycles. The molecule has 1 amide bonds. The summed E-state index contributed by atoms with van der Waals surface area (Å²) >= 11 is 0. The molecule has 0 aliphatic carbocycles. The second-order valence-electron chi connectivity index (χ2n) is 7.81. The highest BCUT2D eigenvalue weighted by Crippen LogP contribution is 2.29. The average Bonchev–Trinajstić information content (AvgIpc) is 2.63. The summed E-state index contributed by atoms with van der Waals surface area (Å²) in [6.45, 7) is 7.24. The van der Waals surface area contributed by atoms with Crippen LogP contribution in [0.25, 0.3) is 0 Å². The minimum Gasteiger partial charge on any atom is -0.371 e. The smallest absolute Gasteiger partial charge is 0.220 e. The highest BCUT2D eigenvalue weighted by Gasteiger charge is 2.30. The van der Waals surface area contributed by atoms with E-state index in [4.69, 9.17) is 4.74 Å². The van der Waals surface area contributed by atoms with Crippen molar-refractivity contribution in [2.75, 3.05) is 19.7 Å². The molecule has 2 aliphatic heterocycles. The van der Waals surface area contributed by atoms with Gasteiger partial charge in [0.15, 0.2) is 0 Å². The zero-order chi connectivity index (χ0) is 17.6. The van der Waals surface area contributed by atoms with E-state index in [9.17, 15) is 4.79 Å². The van der Waals surface area contributed by atoms with Gasteiger partial charge in [0.2, 0.25) is 5.91 Å². The first kappa shape index (κ1) is 18.4. The first-order chi connectivity index (χ1) is 12.1. The molecule has 0 bridgehead atoms. The van der Waals surface area contributed by atoms with E-state index in [1.807, 2.05) is 0 Å². The summed E-state index contributed by atoms with van der Waals surface area (Å²) in [7, 11) is 0. The SMILES string of the molecule is Cc1ccc(C2OCCCC2NC(=O)CC(C)C2CCCNC2)cc1. The molecule has 4 atom stereocenters. The van der Waals surface area contributed by atoms with Gasteiger partial charge in [-0.2, -0.15) is 0 Å². The molecule has 4 unspecified atom stereocenters. The van der Waals surface area contributed by atoms with Crippen molar-refractivity contribution in [2.24, 2.45) is 11.8 Å². The van der Waals surface area contributed by atoms with E-state index in [0.717, 1.165) is 32.5 Å². The molecule has 0 saturated carbocycles. The van der Waals surface area contributed by atoms with E-state index in [1.165, 1.54) is 24.0 Å². The van der Waals surface area contributed by atoms with Gasteiger partial charge in [-0.15, -0.1) is 0 Å². The Bertz CT molecular complexity index is 552. The Morgan fingerprint density at radius 1 is 1.28 bits per heavy atom. The van der Waals surface area contributed by atoms with Gasteiger partial charge in [0.1, 0.15) is 6.10 Å². The molecule has 138 valence electrons. The maximum Gasteiger partial charge on any atom is 0.220 e. The van der Waals surface area contributed by atoms with Crippen LogP contribution in [0.15, 0.2) is 24.3 Å². The average molecular weight is 344 g/mol. The molecule has 2 saturated heterocycles. The van der Waals surface area contributed by atoms with E-state index < -0.39 is 0 Å². The van der Waals surface area contributed by atoms with Gasteiger partial charge in [-0.05, 0) is 63.1 Å². The zero-order valence-electron chi connectivity index (χ0n) is 15.6. The molecule has 2 aliphatic rings. The Morgan fingerprint density at radius 2 is 2.08 bits per heavy atom. The summed E-state index contributed by atoms with van der Waals surface area (Å²) < 4.78 is 6.01. The summed E-state index contributed by atoms with van der Waals surface area (Å²) in [5, 5.41) is 6.72. The predicted molar refractivity (Wildman–Crippen MR) is 100 cm³/mol. The van der Waals surface area contributed by atoms with Gasteiger partial charge in [0, 0.05) is 13.0 Å². The highest BCUT2D eigenvalue weighted by atomic mass is 16.5. The normalized spacial score (nSPS) is 28.3. The molecular formula is C21H32N2O2. The molecule has 25 heavy (non-hydrogen) atoms. The van der Waals surface area contributed by atoms with E-state index in [1.54, 1.807) is 0 Å². The number of hydrogen-bond donors (Lipinski definition) is 2. The van der Waals surface area contributed by atoms with Gasteiger partial charge in [-0.25, -0.2) is 0 Å². The van der Waals surface area contributed by atoms with Crippen molar-refractivity contribution in [1.82, 2.24) is 10.6 Å². The Labute approximate surface area is 151 Å². The number of ether oxygens (including phenoxy) is 1. The fourth-order valence-electron chi connectivity index (χ4n) is 4.10. The molecule has 3 rings (SSSR count). The quantitative estimate of drug-likeness (QED) is 0.861. The summed E-state index contributed by atoms with van der Waals surface area (Å²) in [5.41, 5.74) is 2.41. The molecule has 4 heteroatoms. The molecule has 0 spiro atoms. The second-order valence-corrected chi connectivity index (χ2v) is 7.81. The summed E-state index contributed by atoms with van der Waals surface area (Å²) in [4.78, 5) is 12.6. The Balaban J connectivity index is 1.57.